The minimum atomic E-state index is -6.00. The molecule has 4 N–H and O–H groups in total. The molecule has 0 spiro atoms. The Kier molecular flexibility index (Phi) is 29.2. The van der Waals surface area contributed by atoms with Crippen LogP contribution >= 0.6 is 31.7 Å². The summed E-state index contributed by atoms with van der Waals surface area (Å²) >= 11 is 0. The fraction of sp³-hybridized carbons (Fsp3) is 0. The van der Waals surface area contributed by atoms with E-state index in [0.717, 1.165) is 0 Å². The topological polar surface area (TPSA) is 63.0 Å². The molecule has 536 valence electrons. The normalized spacial score (nSPS) is 11.1. The SMILES string of the molecule is F[B-](F)(F)F.F[B-](F)(F)F.O.O.[Pt].[Pt].c1ccc(P(c2ccccc2)c2ccc3ccccc3c2-c2c(P(c3ccccc3)c3ccccc3)ccc3ccccc23)cc1.c1ccc(P(c2ccccc2)c2ccc3ccccc3c2-c2c(P(c3ccccc3)c3ccccc3)ccc3ccccc23)cc1. The molecule has 16 aromatic rings. The van der Waals surface area contributed by atoms with Crippen LogP contribution in [0.1, 0.15) is 0 Å². The Hall–Kier alpha value is -8.85. The van der Waals surface area contributed by atoms with Gasteiger partial charge in [0, 0.05) is 42.1 Å². The zero-order valence-electron chi connectivity index (χ0n) is 56.6. The fourth-order valence-electron chi connectivity index (χ4n) is 13.2. The summed E-state index contributed by atoms with van der Waals surface area (Å²) in [7, 11) is -15.4. The van der Waals surface area contributed by atoms with Gasteiger partial charge in [0.05, 0.1) is 0 Å². The van der Waals surface area contributed by atoms with Crippen molar-refractivity contribution in [1.29, 1.82) is 0 Å². The van der Waals surface area contributed by atoms with E-state index in [-0.39, 0.29) is 53.1 Å². The quantitative estimate of drug-likeness (QED) is 0.0592. The summed E-state index contributed by atoms with van der Waals surface area (Å²) in [5.74, 6) is 0. The number of halogens is 8. The third-order valence-corrected chi connectivity index (χ3v) is 27.1. The van der Waals surface area contributed by atoms with Crippen LogP contribution in [0.15, 0.2) is 388 Å². The molecule has 0 saturated heterocycles. The van der Waals surface area contributed by atoms with Crippen LogP contribution in [0.3, 0.4) is 0 Å². The Morgan fingerprint density at radius 3 is 0.425 bits per heavy atom. The summed E-state index contributed by atoms with van der Waals surface area (Å²) in [4.78, 5) is 0. The van der Waals surface area contributed by atoms with Gasteiger partial charge in [-0.25, -0.2) is 0 Å². The third kappa shape index (κ3) is 19.7. The molecule has 0 fully saturated rings. The average molecular weight is 1850 g/mol. The van der Waals surface area contributed by atoms with Gasteiger partial charge in [0.25, 0.3) is 0 Å². The molecule has 0 aromatic heterocycles. The smallest absolute Gasteiger partial charge is 0.418 e. The minimum Gasteiger partial charge on any atom is -0.418 e. The van der Waals surface area contributed by atoms with Crippen LogP contribution in [0.2, 0.25) is 0 Å². The summed E-state index contributed by atoms with van der Waals surface area (Å²) in [6.45, 7) is 0. The first-order valence-corrected chi connectivity index (χ1v) is 38.5. The molecule has 0 unspecified atom stereocenters. The molecule has 0 heterocycles. The zero-order valence-corrected chi connectivity index (χ0v) is 64.7. The maximum atomic E-state index is 9.75. The molecular formula is C88H68B2F8O2P4Pt2-2. The van der Waals surface area contributed by atoms with Crippen molar-refractivity contribution in [2.24, 2.45) is 0 Å². The van der Waals surface area contributed by atoms with Gasteiger partial charge in [-0.15, -0.1) is 0 Å². The van der Waals surface area contributed by atoms with Gasteiger partial charge in [-0.2, -0.15) is 0 Å². The van der Waals surface area contributed by atoms with Crippen LogP contribution in [-0.2, 0) is 42.1 Å². The van der Waals surface area contributed by atoms with Crippen LogP contribution in [0.4, 0.5) is 34.5 Å². The molecule has 0 saturated carbocycles. The van der Waals surface area contributed by atoms with Crippen molar-refractivity contribution in [1.82, 2.24) is 0 Å². The summed E-state index contributed by atoms with van der Waals surface area (Å²) < 4.78 is 78.0. The first-order valence-electron chi connectivity index (χ1n) is 33.2. The van der Waals surface area contributed by atoms with E-state index >= 15 is 0 Å². The molecule has 0 aliphatic carbocycles. The molecule has 2 nitrogen and oxygen atoms in total. The number of rotatable bonds is 14. The van der Waals surface area contributed by atoms with Gasteiger partial charge in [-0.3, -0.25) is 0 Å². The second-order valence-electron chi connectivity index (χ2n) is 23.7. The summed E-state index contributed by atoms with van der Waals surface area (Å²) in [6.07, 6.45) is 0. The standard InChI is InChI=1S/2C44H32P2.2BF4.2H2O.2Pt/c2*1-5-19-35(20-6-1)45(36-21-7-2-8-22-36)41-31-29-33-17-13-15-27-39(33)43(41)44-40-28-16-14-18-34(40)30-32-42(44)46(37-23-9-3-10-24-37)38-25-11-4-12-26-38;2*2-1(3,4)5;;;;/h2*1-32H;;;2*1H2;;/q;;2*-1;;;;. The third-order valence-electron chi connectivity index (χ3n) is 17.2. The largest absolute Gasteiger partial charge is 0.673 e. The minimum absolute atomic E-state index is 0. The van der Waals surface area contributed by atoms with E-state index < -0.39 is 46.2 Å². The van der Waals surface area contributed by atoms with Crippen molar-refractivity contribution in [3.63, 3.8) is 0 Å². The van der Waals surface area contributed by atoms with Crippen molar-refractivity contribution in [3.8, 4) is 22.3 Å². The van der Waals surface area contributed by atoms with Crippen LogP contribution < -0.4 is 63.7 Å². The van der Waals surface area contributed by atoms with Gasteiger partial charge >= 0.3 is 14.5 Å². The Balaban J connectivity index is 0.000000210. The van der Waals surface area contributed by atoms with Crippen molar-refractivity contribution in [2.45, 2.75) is 0 Å². The van der Waals surface area contributed by atoms with Gasteiger partial charge in [0.1, 0.15) is 0 Å². The molecule has 0 amide bonds. The molecular weight excluding hydrogens is 1780 g/mol. The van der Waals surface area contributed by atoms with E-state index in [1.165, 1.54) is 129 Å². The number of hydrogen-bond acceptors (Lipinski definition) is 0. The Morgan fingerprint density at radius 2 is 0.283 bits per heavy atom. The van der Waals surface area contributed by atoms with Gasteiger partial charge < -0.3 is 45.5 Å². The van der Waals surface area contributed by atoms with Crippen LogP contribution in [0.5, 0.6) is 0 Å². The maximum absolute atomic E-state index is 9.75. The Morgan fingerprint density at radius 1 is 0.160 bits per heavy atom. The number of benzene rings is 16. The second-order valence-corrected chi connectivity index (χ2v) is 32.5. The molecule has 0 atom stereocenters. The Bertz CT molecular complexity index is 4610. The summed E-state index contributed by atoms with van der Waals surface area (Å²) in [5, 5.41) is 26.7. The van der Waals surface area contributed by atoms with Crippen LogP contribution in [0, 0.1) is 0 Å². The summed E-state index contributed by atoms with van der Waals surface area (Å²) in [6, 6.07) is 144. The first-order chi connectivity index (χ1) is 49.7. The molecule has 16 rings (SSSR count). The second kappa shape index (κ2) is 38.1. The van der Waals surface area contributed by atoms with E-state index in [2.05, 4.69) is 388 Å². The molecule has 18 heteroatoms. The maximum Gasteiger partial charge on any atom is 0.673 e. The molecule has 0 aliphatic rings. The molecule has 16 aromatic carbocycles. The predicted molar refractivity (Wildman–Crippen MR) is 436 cm³/mol. The van der Waals surface area contributed by atoms with Gasteiger partial charge in [0.15, 0.2) is 0 Å². The van der Waals surface area contributed by atoms with Gasteiger partial charge in [-0.05, 0) is 161 Å². The van der Waals surface area contributed by atoms with E-state index in [1.54, 1.807) is 0 Å². The predicted octanol–water partition coefficient (Wildman–Crippen LogP) is 19.3. The van der Waals surface area contributed by atoms with Crippen molar-refractivity contribution in [2.75, 3.05) is 0 Å². The number of hydrogen-bond donors (Lipinski definition) is 0. The van der Waals surface area contributed by atoms with E-state index in [0.29, 0.717) is 0 Å². The summed E-state index contributed by atoms with van der Waals surface area (Å²) in [5.41, 5.74) is 5.40. The zero-order chi connectivity index (χ0) is 70.4. The molecule has 0 bridgehead atoms. The molecule has 0 aliphatic heterocycles. The Labute approximate surface area is 646 Å². The van der Waals surface area contributed by atoms with Crippen LogP contribution in [0.25, 0.3) is 65.3 Å². The number of fused-ring (bicyclic) bond motifs is 4. The molecule has 106 heavy (non-hydrogen) atoms. The van der Waals surface area contributed by atoms with Gasteiger partial charge in [0.2, 0.25) is 0 Å². The molecule has 0 radical (unpaired) electrons. The average Bonchev–Trinajstić information content (AvgIpc) is 0.738. The first kappa shape index (κ1) is 81.2. The van der Waals surface area contributed by atoms with Crippen LogP contribution in [-0.4, -0.2) is 25.5 Å². The van der Waals surface area contributed by atoms with Crippen molar-refractivity contribution in [3.05, 3.63) is 388 Å². The van der Waals surface area contributed by atoms with E-state index in [1.807, 2.05) is 0 Å². The van der Waals surface area contributed by atoms with Gasteiger partial charge in [-0.1, -0.05) is 388 Å². The van der Waals surface area contributed by atoms with Crippen molar-refractivity contribution < 1.29 is 87.6 Å². The van der Waals surface area contributed by atoms with Crippen molar-refractivity contribution >= 4 is 153 Å². The van der Waals surface area contributed by atoms with E-state index in [4.69, 9.17) is 0 Å². The fourth-order valence-corrected chi connectivity index (χ4v) is 23.1. The van der Waals surface area contributed by atoms with E-state index in [9.17, 15) is 34.5 Å². The monoisotopic (exact) mass is 1840 g/mol.